The summed E-state index contributed by atoms with van der Waals surface area (Å²) in [5, 5.41) is 10.7. The third kappa shape index (κ3) is 3.59. The Hall–Kier alpha value is -3.42. The van der Waals surface area contributed by atoms with Crippen molar-refractivity contribution in [3.8, 4) is 5.75 Å². The summed E-state index contributed by atoms with van der Waals surface area (Å²) in [5.74, 6) is -0.228. The maximum absolute atomic E-state index is 12.4. The number of non-ortho nitro benzene ring substituents is 1. The SMILES string of the molecule is O=C(Oc1ccc([N+](=O)[O-])cc1)C1CCN(c2nc3ccccc3o2)CC1. The minimum Gasteiger partial charge on any atom is -0.426 e. The van der Waals surface area contributed by atoms with Gasteiger partial charge in [0.2, 0.25) is 0 Å². The molecule has 0 radical (unpaired) electrons. The van der Waals surface area contributed by atoms with E-state index in [2.05, 4.69) is 4.98 Å². The molecule has 0 unspecified atom stereocenters. The second kappa shape index (κ2) is 7.06. The van der Waals surface area contributed by atoms with Gasteiger partial charge in [-0.1, -0.05) is 12.1 Å². The summed E-state index contributed by atoms with van der Waals surface area (Å²) in [6.45, 7) is 1.29. The summed E-state index contributed by atoms with van der Waals surface area (Å²) < 4.78 is 11.1. The lowest BCUT2D eigenvalue weighted by Crippen LogP contribution is -2.37. The molecule has 8 nitrogen and oxygen atoms in total. The van der Waals surface area contributed by atoms with E-state index < -0.39 is 4.92 Å². The number of hydrogen-bond donors (Lipinski definition) is 0. The van der Waals surface area contributed by atoms with E-state index in [0.29, 0.717) is 37.7 Å². The number of hydrogen-bond acceptors (Lipinski definition) is 7. The van der Waals surface area contributed by atoms with E-state index >= 15 is 0 Å². The Labute approximate surface area is 154 Å². The van der Waals surface area contributed by atoms with Crippen LogP contribution in [0.4, 0.5) is 11.7 Å². The van der Waals surface area contributed by atoms with E-state index in [1.165, 1.54) is 24.3 Å². The van der Waals surface area contributed by atoms with Crippen molar-refractivity contribution in [2.75, 3.05) is 18.0 Å². The summed E-state index contributed by atoms with van der Waals surface area (Å²) in [7, 11) is 0. The molecule has 0 bridgehead atoms. The quantitative estimate of drug-likeness (QED) is 0.301. The van der Waals surface area contributed by atoms with Crippen molar-refractivity contribution in [3.63, 3.8) is 0 Å². The van der Waals surface area contributed by atoms with Gasteiger partial charge < -0.3 is 14.1 Å². The highest BCUT2D eigenvalue weighted by molar-refractivity contribution is 5.76. The number of piperidine rings is 1. The van der Waals surface area contributed by atoms with Crippen molar-refractivity contribution in [1.29, 1.82) is 0 Å². The molecule has 0 atom stereocenters. The summed E-state index contributed by atoms with van der Waals surface area (Å²) >= 11 is 0. The van der Waals surface area contributed by atoms with Crippen LogP contribution in [-0.4, -0.2) is 29.0 Å². The first-order valence-electron chi connectivity index (χ1n) is 8.67. The van der Waals surface area contributed by atoms with Crippen molar-refractivity contribution in [2.45, 2.75) is 12.8 Å². The number of carbonyl (C=O) groups is 1. The molecule has 138 valence electrons. The molecule has 4 rings (SSSR count). The summed E-state index contributed by atoms with van der Waals surface area (Å²) in [5.41, 5.74) is 1.51. The fourth-order valence-corrected chi connectivity index (χ4v) is 3.14. The number of fused-ring (bicyclic) bond motifs is 1. The number of ether oxygens (including phenoxy) is 1. The largest absolute Gasteiger partial charge is 0.426 e. The number of anilines is 1. The molecule has 0 saturated carbocycles. The summed E-state index contributed by atoms with van der Waals surface area (Å²) in [4.78, 5) is 29.0. The first-order valence-corrected chi connectivity index (χ1v) is 8.67. The fraction of sp³-hybridized carbons (Fsp3) is 0.263. The second-order valence-corrected chi connectivity index (χ2v) is 6.40. The van der Waals surface area contributed by atoms with Crippen LogP contribution in [0.25, 0.3) is 11.1 Å². The van der Waals surface area contributed by atoms with Gasteiger partial charge in [0.15, 0.2) is 5.58 Å². The molecule has 27 heavy (non-hydrogen) atoms. The zero-order valence-electron chi connectivity index (χ0n) is 14.4. The Morgan fingerprint density at radius 2 is 1.85 bits per heavy atom. The van der Waals surface area contributed by atoms with Gasteiger partial charge in [0.05, 0.1) is 10.8 Å². The molecule has 0 amide bonds. The van der Waals surface area contributed by atoms with Gasteiger partial charge in [-0.2, -0.15) is 4.98 Å². The molecule has 0 N–H and O–H groups in total. The van der Waals surface area contributed by atoms with Gasteiger partial charge in [0.1, 0.15) is 11.3 Å². The Balaban J connectivity index is 1.35. The van der Waals surface area contributed by atoms with Crippen LogP contribution < -0.4 is 9.64 Å². The molecule has 1 fully saturated rings. The number of oxazole rings is 1. The zero-order valence-corrected chi connectivity index (χ0v) is 14.4. The Bertz CT molecular complexity index is 941. The highest BCUT2D eigenvalue weighted by atomic mass is 16.6. The molecule has 3 aromatic rings. The Kier molecular flexibility index (Phi) is 4.45. The van der Waals surface area contributed by atoms with E-state index in [4.69, 9.17) is 9.15 Å². The van der Waals surface area contributed by atoms with Crippen LogP contribution in [0.2, 0.25) is 0 Å². The van der Waals surface area contributed by atoms with Crippen LogP contribution in [0.15, 0.2) is 52.9 Å². The number of carbonyl (C=O) groups excluding carboxylic acids is 1. The lowest BCUT2D eigenvalue weighted by molar-refractivity contribution is -0.384. The highest BCUT2D eigenvalue weighted by Crippen LogP contribution is 2.27. The number of rotatable bonds is 4. The molecule has 1 aliphatic heterocycles. The third-order valence-corrected chi connectivity index (χ3v) is 4.65. The lowest BCUT2D eigenvalue weighted by Gasteiger charge is -2.29. The molecule has 2 heterocycles. The molecular weight excluding hydrogens is 350 g/mol. The van der Waals surface area contributed by atoms with Crippen molar-refractivity contribution in [2.24, 2.45) is 5.92 Å². The predicted octanol–water partition coefficient (Wildman–Crippen LogP) is 3.56. The number of nitro benzene ring substituents is 1. The van der Waals surface area contributed by atoms with Crippen molar-refractivity contribution >= 4 is 28.8 Å². The van der Waals surface area contributed by atoms with Gasteiger partial charge in [-0.05, 0) is 37.1 Å². The van der Waals surface area contributed by atoms with E-state index in [0.717, 1.165) is 11.1 Å². The van der Waals surface area contributed by atoms with Gasteiger partial charge in [-0.15, -0.1) is 0 Å². The summed E-state index contributed by atoms with van der Waals surface area (Å²) in [6, 6.07) is 13.7. The highest BCUT2D eigenvalue weighted by Gasteiger charge is 2.28. The summed E-state index contributed by atoms with van der Waals surface area (Å²) in [6.07, 6.45) is 1.26. The van der Waals surface area contributed by atoms with Gasteiger partial charge >= 0.3 is 5.97 Å². The standard InChI is InChI=1S/C19H17N3O5/c23-18(26-15-7-5-14(6-8-15)22(24)25)13-9-11-21(12-10-13)19-20-16-3-1-2-4-17(16)27-19/h1-8,13H,9-12H2. The van der Waals surface area contributed by atoms with E-state index in [-0.39, 0.29) is 17.6 Å². The molecule has 0 aliphatic carbocycles. The first kappa shape index (κ1) is 17.0. The number of esters is 1. The van der Waals surface area contributed by atoms with Crippen LogP contribution in [0.3, 0.4) is 0 Å². The molecule has 1 aliphatic rings. The average molecular weight is 367 g/mol. The van der Waals surface area contributed by atoms with Gasteiger partial charge in [-0.3, -0.25) is 14.9 Å². The van der Waals surface area contributed by atoms with E-state index in [9.17, 15) is 14.9 Å². The van der Waals surface area contributed by atoms with Crippen LogP contribution in [0.5, 0.6) is 5.75 Å². The molecule has 2 aromatic carbocycles. The number of benzene rings is 2. The average Bonchev–Trinajstić information content (AvgIpc) is 3.13. The number of nitro groups is 1. The topological polar surface area (TPSA) is 98.7 Å². The van der Waals surface area contributed by atoms with Crippen LogP contribution >= 0.6 is 0 Å². The molecular formula is C19H17N3O5. The van der Waals surface area contributed by atoms with Crippen molar-refractivity contribution in [3.05, 3.63) is 58.6 Å². The third-order valence-electron chi connectivity index (χ3n) is 4.65. The fourth-order valence-electron chi connectivity index (χ4n) is 3.14. The maximum atomic E-state index is 12.4. The molecule has 1 aromatic heterocycles. The molecule has 1 saturated heterocycles. The monoisotopic (exact) mass is 367 g/mol. The van der Waals surface area contributed by atoms with Crippen LogP contribution in [0, 0.1) is 16.0 Å². The van der Waals surface area contributed by atoms with Crippen molar-refractivity contribution in [1.82, 2.24) is 4.98 Å². The van der Waals surface area contributed by atoms with Gasteiger partial charge in [0, 0.05) is 25.2 Å². The molecule has 0 spiro atoms. The second-order valence-electron chi connectivity index (χ2n) is 6.40. The van der Waals surface area contributed by atoms with Gasteiger partial charge in [-0.25, -0.2) is 0 Å². The number of aromatic nitrogens is 1. The number of para-hydroxylation sites is 2. The van der Waals surface area contributed by atoms with E-state index in [1.807, 2.05) is 29.2 Å². The van der Waals surface area contributed by atoms with Gasteiger partial charge in [0.25, 0.3) is 11.7 Å². The van der Waals surface area contributed by atoms with Crippen molar-refractivity contribution < 1.29 is 18.9 Å². The number of nitrogens with zero attached hydrogens (tertiary/aromatic N) is 3. The maximum Gasteiger partial charge on any atom is 0.314 e. The zero-order chi connectivity index (χ0) is 18.8. The normalized spacial score (nSPS) is 15.0. The lowest BCUT2D eigenvalue weighted by atomic mass is 9.97. The minimum absolute atomic E-state index is 0.0403. The smallest absolute Gasteiger partial charge is 0.314 e. The predicted molar refractivity (Wildman–Crippen MR) is 97.7 cm³/mol. The Morgan fingerprint density at radius 1 is 1.15 bits per heavy atom. The first-order chi connectivity index (χ1) is 13.1. The Morgan fingerprint density at radius 3 is 2.52 bits per heavy atom. The molecule has 8 heteroatoms. The van der Waals surface area contributed by atoms with Crippen LogP contribution in [-0.2, 0) is 4.79 Å². The minimum atomic E-state index is -0.493. The van der Waals surface area contributed by atoms with Crippen LogP contribution in [0.1, 0.15) is 12.8 Å². The van der Waals surface area contributed by atoms with E-state index in [1.54, 1.807) is 0 Å².